The molecule has 0 bridgehead atoms. The number of hydrogen-bond acceptors (Lipinski definition) is 8. The molecule has 1 saturated heterocycles. The molecule has 1 aromatic carbocycles. The van der Waals surface area contributed by atoms with Gasteiger partial charge in [-0.15, -0.1) is 11.8 Å². The second kappa shape index (κ2) is 7.46. The van der Waals surface area contributed by atoms with Crippen molar-refractivity contribution in [3.8, 4) is 11.5 Å². The molecule has 0 aliphatic carbocycles. The number of benzene rings is 1. The van der Waals surface area contributed by atoms with Crippen LogP contribution in [0.1, 0.15) is 15.9 Å². The van der Waals surface area contributed by atoms with Crippen molar-refractivity contribution in [3.63, 3.8) is 0 Å². The van der Waals surface area contributed by atoms with Crippen molar-refractivity contribution in [3.05, 3.63) is 23.3 Å². The summed E-state index contributed by atoms with van der Waals surface area (Å²) in [6.45, 7) is 0.393. The van der Waals surface area contributed by atoms with Crippen molar-refractivity contribution < 1.29 is 38.6 Å². The average molecular weight is 381 g/mol. The number of hydrogen-bond donors (Lipinski definition) is 2. The smallest absolute Gasteiger partial charge is 0.534 e. The SMILES string of the molecule is COc1ccc2c(c1C(=O)O)OB(O)C(SCC(=O)N1CCOC1=O)C2. The Hall–Kier alpha value is -2.40. The molecule has 2 N–H and O–H groups in total. The number of carbonyl (C=O) groups excluding carboxylic acids is 2. The summed E-state index contributed by atoms with van der Waals surface area (Å²) in [5.74, 6) is -1.46. The summed E-state index contributed by atoms with van der Waals surface area (Å²) >= 11 is 1.14. The lowest BCUT2D eigenvalue weighted by atomic mass is 9.77. The van der Waals surface area contributed by atoms with Crippen LogP contribution < -0.4 is 9.39 Å². The molecule has 0 spiro atoms. The molecule has 1 fully saturated rings. The summed E-state index contributed by atoms with van der Waals surface area (Å²) in [6.07, 6.45) is -0.358. The molecular weight excluding hydrogens is 365 g/mol. The Balaban J connectivity index is 1.72. The summed E-state index contributed by atoms with van der Waals surface area (Å²) in [7, 11) is 0.0529. The molecule has 0 saturated carbocycles. The maximum atomic E-state index is 12.1. The summed E-state index contributed by atoms with van der Waals surface area (Å²) < 4.78 is 15.2. The summed E-state index contributed by atoms with van der Waals surface area (Å²) in [4.78, 5) is 36.0. The minimum atomic E-state index is -1.30. The third kappa shape index (κ3) is 3.44. The Morgan fingerprint density at radius 3 is 2.85 bits per heavy atom. The molecule has 26 heavy (non-hydrogen) atoms. The van der Waals surface area contributed by atoms with Crippen molar-refractivity contribution in [1.29, 1.82) is 0 Å². The Morgan fingerprint density at radius 2 is 2.23 bits per heavy atom. The van der Waals surface area contributed by atoms with E-state index in [0.29, 0.717) is 12.0 Å². The summed E-state index contributed by atoms with van der Waals surface area (Å²) in [5, 5.41) is 19.1. The highest BCUT2D eigenvalue weighted by atomic mass is 32.2. The van der Waals surface area contributed by atoms with Gasteiger partial charge in [0.05, 0.1) is 24.6 Å². The number of methoxy groups -OCH3 is 1. The summed E-state index contributed by atoms with van der Waals surface area (Å²) in [5.41, 5.74) is 0.447. The predicted molar refractivity (Wildman–Crippen MR) is 91.6 cm³/mol. The van der Waals surface area contributed by atoms with Crippen molar-refractivity contribution in [1.82, 2.24) is 4.90 Å². The first-order valence-electron chi connectivity index (χ1n) is 7.79. The van der Waals surface area contributed by atoms with Gasteiger partial charge in [0, 0.05) is 0 Å². The van der Waals surface area contributed by atoms with Crippen LogP contribution in [0.3, 0.4) is 0 Å². The van der Waals surface area contributed by atoms with E-state index in [-0.39, 0.29) is 36.0 Å². The maximum Gasteiger partial charge on any atom is 0.536 e. The zero-order valence-electron chi connectivity index (χ0n) is 13.8. The van der Waals surface area contributed by atoms with Crippen molar-refractivity contribution in [2.45, 2.75) is 11.6 Å². The molecule has 2 heterocycles. The van der Waals surface area contributed by atoms with Gasteiger partial charge in [-0.05, 0) is 18.1 Å². The van der Waals surface area contributed by atoms with Gasteiger partial charge < -0.3 is 24.3 Å². The van der Waals surface area contributed by atoms with Gasteiger partial charge in [-0.3, -0.25) is 4.79 Å². The van der Waals surface area contributed by atoms with Gasteiger partial charge in [-0.25, -0.2) is 14.5 Å². The summed E-state index contributed by atoms with van der Waals surface area (Å²) in [6, 6.07) is 3.19. The van der Waals surface area contributed by atoms with E-state index >= 15 is 0 Å². The van der Waals surface area contributed by atoms with E-state index in [1.54, 1.807) is 6.07 Å². The van der Waals surface area contributed by atoms with Crippen LogP contribution in [0.15, 0.2) is 12.1 Å². The van der Waals surface area contributed by atoms with E-state index in [9.17, 15) is 24.5 Å². The number of ether oxygens (including phenoxy) is 2. The molecule has 2 aliphatic heterocycles. The van der Waals surface area contributed by atoms with Gasteiger partial charge in [-0.2, -0.15) is 0 Å². The molecule has 3 rings (SSSR count). The largest absolute Gasteiger partial charge is 0.536 e. The van der Waals surface area contributed by atoms with Crippen LogP contribution in [-0.4, -0.2) is 71.3 Å². The monoisotopic (exact) mass is 381 g/mol. The molecule has 138 valence electrons. The van der Waals surface area contributed by atoms with Crippen molar-refractivity contribution in [2.24, 2.45) is 0 Å². The van der Waals surface area contributed by atoms with Crippen LogP contribution in [0.25, 0.3) is 0 Å². The molecule has 2 amide bonds. The zero-order chi connectivity index (χ0) is 18.8. The number of carboxylic acid groups (broad SMARTS) is 1. The molecular formula is C15H16BNO8S. The van der Waals surface area contributed by atoms with Crippen LogP contribution in [0.2, 0.25) is 0 Å². The quantitative estimate of drug-likeness (QED) is 0.699. The Labute approximate surface area is 153 Å². The fourth-order valence-corrected chi connectivity index (χ4v) is 3.84. The van der Waals surface area contributed by atoms with Gasteiger partial charge in [0.15, 0.2) is 0 Å². The van der Waals surface area contributed by atoms with Crippen LogP contribution in [0, 0.1) is 0 Å². The number of rotatable bonds is 5. The lowest BCUT2D eigenvalue weighted by Crippen LogP contribution is -2.42. The third-order valence-corrected chi connectivity index (χ3v) is 5.34. The highest BCUT2D eigenvalue weighted by molar-refractivity contribution is 8.01. The number of aromatic carboxylic acids is 1. The molecule has 0 aromatic heterocycles. The van der Waals surface area contributed by atoms with Gasteiger partial charge in [0.25, 0.3) is 0 Å². The Kier molecular flexibility index (Phi) is 5.28. The molecule has 1 unspecified atom stereocenters. The van der Waals surface area contributed by atoms with E-state index in [2.05, 4.69) is 0 Å². The number of amides is 2. The number of carboxylic acids is 1. The standard InChI is InChI=1S/C15H16BNO8S/c1-23-9-3-2-8-6-10(16(22)25-13(8)12(9)14(19)20)26-7-11(18)17-4-5-24-15(17)21/h2-3,10,22H,4-7H2,1H3,(H,19,20). The van der Waals surface area contributed by atoms with Crippen molar-refractivity contribution in [2.75, 3.05) is 26.0 Å². The molecule has 1 atom stereocenters. The number of nitrogens with zero attached hydrogens (tertiary/aromatic N) is 1. The fourth-order valence-electron chi connectivity index (χ4n) is 2.81. The van der Waals surface area contributed by atoms with Gasteiger partial charge >= 0.3 is 19.2 Å². The van der Waals surface area contributed by atoms with Crippen LogP contribution in [0.5, 0.6) is 11.5 Å². The van der Waals surface area contributed by atoms with E-state index < -0.39 is 30.2 Å². The van der Waals surface area contributed by atoms with Gasteiger partial charge in [0.1, 0.15) is 23.7 Å². The number of fused-ring (bicyclic) bond motifs is 1. The highest BCUT2D eigenvalue weighted by Crippen LogP contribution is 2.38. The molecule has 0 radical (unpaired) electrons. The van der Waals surface area contributed by atoms with Crippen LogP contribution >= 0.6 is 11.8 Å². The lowest BCUT2D eigenvalue weighted by Gasteiger charge is -2.28. The first kappa shape index (κ1) is 18.4. The van der Waals surface area contributed by atoms with E-state index in [4.69, 9.17) is 14.1 Å². The predicted octanol–water partition coefficient (Wildman–Crippen LogP) is 0.429. The van der Waals surface area contributed by atoms with Gasteiger partial charge in [0.2, 0.25) is 5.91 Å². The van der Waals surface area contributed by atoms with E-state index in [1.807, 2.05) is 0 Å². The second-order valence-electron chi connectivity index (χ2n) is 5.66. The number of carbonyl (C=O) groups is 3. The Morgan fingerprint density at radius 1 is 1.46 bits per heavy atom. The normalized spacial score (nSPS) is 18.8. The minimum Gasteiger partial charge on any atom is -0.534 e. The Bertz CT molecular complexity index is 757. The zero-order valence-corrected chi connectivity index (χ0v) is 14.7. The maximum absolute atomic E-state index is 12.1. The minimum absolute atomic E-state index is 0.0303. The molecule has 11 heteroatoms. The average Bonchev–Trinajstić information content (AvgIpc) is 3.04. The van der Waals surface area contributed by atoms with E-state index in [0.717, 1.165) is 16.7 Å². The van der Waals surface area contributed by atoms with E-state index in [1.165, 1.54) is 13.2 Å². The molecule has 9 nitrogen and oxygen atoms in total. The third-order valence-electron chi connectivity index (χ3n) is 4.10. The van der Waals surface area contributed by atoms with Crippen LogP contribution in [-0.2, 0) is 16.0 Å². The van der Waals surface area contributed by atoms with Crippen molar-refractivity contribution >= 4 is 36.9 Å². The van der Waals surface area contributed by atoms with Gasteiger partial charge in [-0.1, -0.05) is 6.07 Å². The first-order chi connectivity index (χ1) is 12.4. The number of imide groups is 1. The number of thioether (sulfide) groups is 1. The lowest BCUT2D eigenvalue weighted by molar-refractivity contribution is -0.125. The second-order valence-corrected chi connectivity index (χ2v) is 6.89. The number of cyclic esters (lactones) is 1. The first-order valence-corrected chi connectivity index (χ1v) is 8.84. The fraction of sp³-hybridized carbons (Fsp3) is 0.400. The highest BCUT2D eigenvalue weighted by Gasteiger charge is 2.39. The molecule has 2 aliphatic rings. The topological polar surface area (TPSA) is 123 Å². The molecule has 1 aromatic rings. The van der Waals surface area contributed by atoms with Crippen LogP contribution in [0.4, 0.5) is 4.79 Å².